The van der Waals surface area contributed by atoms with Gasteiger partial charge >= 0.3 is 6.18 Å². The number of ether oxygens (including phenoxy) is 1. The fourth-order valence-corrected chi connectivity index (χ4v) is 2.84. The Labute approximate surface area is 98.3 Å². The monoisotopic (exact) mass is 257 g/mol. The topological polar surface area (TPSA) is 21.3 Å². The summed E-state index contributed by atoms with van der Waals surface area (Å²) in [6.07, 6.45) is -0.444. The molecule has 0 saturated carbocycles. The predicted octanol–water partition coefficient (Wildman–Crippen LogP) is 2.44. The summed E-state index contributed by atoms with van der Waals surface area (Å²) in [5, 5.41) is 3.75. The lowest BCUT2D eigenvalue weighted by Crippen LogP contribution is -2.30. The molecular formula is C10H18F3NOS. The molecule has 6 heteroatoms. The van der Waals surface area contributed by atoms with Crippen molar-refractivity contribution in [3.05, 3.63) is 0 Å². The zero-order chi connectivity index (χ0) is 11.9. The van der Waals surface area contributed by atoms with E-state index in [-0.39, 0.29) is 6.61 Å². The molecule has 0 aromatic rings. The van der Waals surface area contributed by atoms with Gasteiger partial charge < -0.3 is 10.1 Å². The minimum Gasteiger partial charge on any atom is -0.371 e. The highest BCUT2D eigenvalue weighted by Crippen LogP contribution is 2.24. The van der Waals surface area contributed by atoms with Crippen molar-refractivity contribution in [1.82, 2.24) is 5.32 Å². The van der Waals surface area contributed by atoms with Gasteiger partial charge in [0.1, 0.15) is 6.61 Å². The Kier molecular flexibility index (Phi) is 6.53. The molecule has 1 fully saturated rings. The quantitative estimate of drug-likeness (QED) is 0.738. The third-order valence-corrected chi connectivity index (χ3v) is 3.73. The van der Waals surface area contributed by atoms with E-state index < -0.39 is 12.8 Å². The molecule has 0 amide bonds. The fourth-order valence-electron chi connectivity index (χ4n) is 1.56. The van der Waals surface area contributed by atoms with Crippen LogP contribution in [0.25, 0.3) is 0 Å². The molecule has 0 bridgehead atoms. The maximum absolute atomic E-state index is 11.7. The molecule has 1 aliphatic rings. The van der Waals surface area contributed by atoms with Gasteiger partial charge in [0, 0.05) is 18.3 Å². The molecule has 0 aromatic heterocycles. The van der Waals surface area contributed by atoms with E-state index in [4.69, 9.17) is 0 Å². The average Bonchev–Trinajstić information content (AvgIpc) is 2.23. The molecule has 1 heterocycles. The number of hydrogen-bond acceptors (Lipinski definition) is 3. The summed E-state index contributed by atoms with van der Waals surface area (Å²) in [7, 11) is 0. The van der Waals surface area contributed by atoms with Crippen molar-refractivity contribution in [2.45, 2.75) is 30.7 Å². The van der Waals surface area contributed by atoms with Crippen LogP contribution >= 0.6 is 11.8 Å². The van der Waals surface area contributed by atoms with Gasteiger partial charge in [-0.2, -0.15) is 24.9 Å². The van der Waals surface area contributed by atoms with E-state index in [0.29, 0.717) is 11.8 Å². The van der Waals surface area contributed by atoms with Gasteiger partial charge in [0.05, 0.1) is 6.61 Å². The summed E-state index contributed by atoms with van der Waals surface area (Å²) < 4.78 is 39.6. The molecule has 16 heavy (non-hydrogen) atoms. The second-order valence-electron chi connectivity index (χ2n) is 3.86. The van der Waals surface area contributed by atoms with Crippen LogP contribution in [0.3, 0.4) is 0 Å². The zero-order valence-corrected chi connectivity index (χ0v) is 10.0. The lowest BCUT2D eigenvalue weighted by molar-refractivity contribution is -0.173. The highest BCUT2D eigenvalue weighted by atomic mass is 32.2. The predicted molar refractivity (Wildman–Crippen MR) is 59.8 cm³/mol. The minimum atomic E-state index is -4.21. The molecule has 1 unspecified atom stereocenters. The number of rotatable bonds is 6. The molecule has 2 nitrogen and oxygen atoms in total. The maximum atomic E-state index is 11.7. The van der Waals surface area contributed by atoms with E-state index >= 15 is 0 Å². The first-order chi connectivity index (χ1) is 7.58. The SMILES string of the molecule is FC(F)(F)COCCNCC1CCCCS1. The number of hydrogen-bond donors (Lipinski definition) is 1. The number of thioether (sulfide) groups is 1. The van der Waals surface area contributed by atoms with E-state index in [1.807, 2.05) is 11.8 Å². The summed E-state index contributed by atoms with van der Waals surface area (Å²) in [6.45, 7) is 0.344. The Hall–Kier alpha value is 0.0600. The third kappa shape index (κ3) is 7.35. The summed E-state index contributed by atoms with van der Waals surface area (Å²) in [4.78, 5) is 0. The van der Waals surface area contributed by atoms with Crippen molar-refractivity contribution in [3.63, 3.8) is 0 Å². The average molecular weight is 257 g/mol. The largest absolute Gasteiger partial charge is 0.411 e. The lowest BCUT2D eigenvalue weighted by Gasteiger charge is -2.21. The number of nitrogens with one attached hydrogen (secondary N) is 1. The molecule has 1 atom stereocenters. The molecule has 1 aliphatic heterocycles. The van der Waals surface area contributed by atoms with Crippen molar-refractivity contribution >= 4 is 11.8 Å². The smallest absolute Gasteiger partial charge is 0.371 e. The molecule has 1 saturated heterocycles. The van der Waals surface area contributed by atoms with Crippen LogP contribution in [0, 0.1) is 0 Å². The third-order valence-electron chi connectivity index (χ3n) is 2.33. The standard InChI is InChI=1S/C10H18F3NOS/c11-10(12,13)8-15-5-4-14-7-9-3-1-2-6-16-9/h9,14H,1-8H2. The molecule has 96 valence electrons. The van der Waals surface area contributed by atoms with E-state index in [1.165, 1.54) is 25.0 Å². The maximum Gasteiger partial charge on any atom is 0.411 e. The molecule has 0 aliphatic carbocycles. The minimum absolute atomic E-state index is 0.122. The Morgan fingerprint density at radius 1 is 1.31 bits per heavy atom. The van der Waals surface area contributed by atoms with E-state index in [1.54, 1.807) is 0 Å². The highest BCUT2D eigenvalue weighted by Gasteiger charge is 2.27. The molecule has 0 spiro atoms. The molecule has 0 radical (unpaired) electrons. The van der Waals surface area contributed by atoms with Gasteiger partial charge in [-0.15, -0.1) is 0 Å². The van der Waals surface area contributed by atoms with E-state index in [9.17, 15) is 13.2 Å². The van der Waals surface area contributed by atoms with Gasteiger partial charge in [0.2, 0.25) is 0 Å². The molecule has 1 rings (SSSR count). The van der Waals surface area contributed by atoms with Gasteiger partial charge in [-0.3, -0.25) is 0 Å². The normalized spacial score (nSPS) is 22.3. The first-order valence-electron chi connectivity index (χ1n) is 5.55. The van der Waals surface area contributed by atoms with E-state index in [0.717, 1.165) is 6.54 Å². The Morgan fingerprint density at radius 2 is 2.12 bits per heavy atom. The Morgan fingerprint density at radius 3 is 2.75 bits per heavy atom. The van der Waals surface area contributed by atoms with Crippen LogP contribution in [-0.2, 0) is 4.74 Å². The number of alkyl halides is 3. The van der Waals surface area contributed by atoms with Gasteiger partial charge in [-0.1, -0.05) is 6.42 Å². The molecule has 1 N–H and O–H groups in total. The first kappa shape index (κ1) is 14.1. The van der Waals surface area contributed by atoms with Crippen molar-refractivity contribution in [2.75, 3.05) is 32.1 Å². The van der Waals surface area contributed by atoms with Crippen LogP contribution < -0.4 is 5.32 Å². The van der Waals surface area contributed by atoms with Gasteiger partial charge in [0.25, 0.3) is 0 Å². The van der Waals surface area contributed by atoms with Crippen LogP contribution in [0.5, 0.6) is 0 Å². The van der Waals surface area contributed by atoms with Crippen LogP contribution in [0.2, 0.25) is 0 Å². The molecular weight excluding hydrogens is 239 g/mol. The second kappa shape index (κ2) is 7.40. The van der Waals surface area contributed by atoms with Crippen molar-refractivity contribution in [2.24, 2.45) is 0 Å². The van der Waals surface area contributed by atoms with Gasteiger partial charge in [-0.25, -0.2) is 0 Å². The summed E-state index contributed by atoms with van der Waals surface area (Å²) in [5.41, 5.74) is 0. The van der Waals surface area contributed by atoms with Crippen molar-refractivity contribution in [1.29, 1.82) is 0 Å². The highest BCUT2D eigenvalue weighted by molar-refractivity contribution is 7.99. The van der Waals surface area contributed by atoms with Gasteiger partial charge in [-0.05, 0) is 18.6 Å². The van der Waals surface area contributed by atoms with Crippen LogP contribution in [-0.4, -0.2) is 43.5 Å². The van der Waals surface area contributed by atoms with Crippen LogP contribution in [0.4, 0.5) is 13.2 Å². The Balaban J connectivity index is 1.87. The van der Waals surface area contributed by atoms with Crippen molar-refractivity contribution in [3.8, 4) is 0 Å². The summed E-state index contributed by atoms with van der Waals surface area (Å²) >= 11 is 1.95. The van der Waals surface area contributed by atoms with Gasteiger partial charge in [0.15, 0.2) is 0 Å². The first-order valence-corrected chi connectivity index (χ1v) is 6.59. The molecule has 0 aromatic carbocycles. The fraction of sp³-hybridized carbons (Fsp3) is 1.00. The number of halogens is 3. The zero-order valence-electron chi connectivity index (χ0n) is 9.18. The second-order valence-corrected chi connectivity index (χ2v) is 5.27. The van der Waals surface area contributed by atoms with Crippen LogP contribution in [0.15, 0.2) is 0 Å². The summed E-state index contributed by atoms with van der Waals surface area (Å²) in [6, 6.07) is 0. The van der Waals surface area contributed by atoms with E-state index in [2.05, 4.69) is 10.1 Å². The summed E-state index contributed by atoms with van der Waals surface area (Å²) in [5.74, 6) is 1.21. The Bertz CT molecular complexity index is 183. The van der Waals surface area contributed by atoms with Crippen molar-refractivity contribution < 1.29 is 17.9 Å². The lowest BCUT2D eigenvalue weighted by atomic mass is 10.2. The van der Waals surface area contributed by atoms with Crippen LogP contribution in [0.1, 0.15) is 19.3 Å².